The molecule has 0 radical (unpaired) electrons. The van der Waals surface area contributed by atoms with Gasteiger partial charge in [0.1, 0.15) is 6.10 Å². The Morgan fingerprint density at radius 2 is 2.13 bits per heavy atom. The summed E-state index contributed by atoms with van der Waals surface area (Å²) in [4.78, 5) is 5.39. The lowest BCUT2D eigenvalue weighted by atomic mass is 9.93. The minimum atomic E-state index is 0.269. The largest absolute Gasteiger partial charge is 0.392 e. The molecule has 2 atom stereocenters. The molecule has 0 spiro atoms. The molecule has 1 heterocycles. The summed E-state index contributed by atoms with van der Waals surface area (Å²) in [5.74, 6) is 0.522. The Hall–Kier alpha value is -1.31. The Bertz CT molecular complexity index is 345. The van der Waals surface area contributed by atoms with Gasteiger partial charge in [-0.15, -0.1) is 0 Å². The van der Waals surface area contributed by atoms with Crippen molar-refractivity contribution in [2.75, 3.05) is 0 Å². The molecule has 0 fully saturated rings. The zero-order valence-electron chi connectivity index (χ0n) is 9.31. The second kappa shape index (κ2) is 4.47. The van der Waals surface area contributed by atoms with E-state index in [1.807, 2.05) is 13.0 Å². The summed E-state index contributed by atoms with van der Waals surface area (Å²) in [7, 11) is 0. The van der Waals surface area contributed by atoms with E-state index in [0.29, 0.717) is 5.92 Å². The third-order valence-corrected chi connectivity index (χ3v) is 2.88. The molecule has 0 saturated carbocycles. The van der Waals surface area contributed by atoms with Gasteiger partial charge in [0.25, 0.3) is 0 Å². The van der Waals surface area contributed by atoms with E-state index in [1.165, 1.54) is 5.56 Å². The first-order chi connectivity index (χ1) is 7.25. The molecule has 1 aliphatic heterocycles. The first-order valence-corrected chi connectivity index (χ1v) is 5.49. The molecule has 1 aromatic carbocycles. The molecule has 0 amide bonds. The molecular weight excluding hydrogens is 186 g/mol. The maximum atomic E-state index is 5.39. The molecule has 2 nitrogen and oxygen atoms in total. The topological polar surface area (TPSA) is 21.6 Å². The average molecular weight is 203 g/mol. The van der Waals surface area contributed by atoms with Crippen molar-refractivity contribution in [3.63, 3.8) is 0 Å². The molecule has 15 heavy (non-hydrogen) atoms. The molecule has 80 valence electrons. The van der Waals surface area contributed by atoms with Gasteiger partial charge in [-0.3, -0.25) is 0 Å². The Labute approximate surface area is 90.9 Å². The van der Waals surface area contributed by atoms with Crippen LogP contribution in [0, 0.1) is 5.92 Å². The van der Waals surface area contributed by atoms with Crippen LogP contribution in [-0.2, 0) is 11.3 Å². The van der Waals surface area contributed by atoms with Crippen molar-refractivity contribution in [3.05, 3.63) is 35.9 Å². The third-order valence-electron chi connectivity index (χ3n) is 2.88. The molecule has 1 aliphatic rings. The van der Waals surface area contributed by atoms with E-state index in [1.54, 1.807) is 0 Å². The molecule has 2 unspecified atom stereocenters. The lowest BCUT2D eigenvalue weighted by Gasteiger charge is -2.16. The number of rotatable bonds is 3. The molecule has 0 aliphatic carbocycles. The Balaban J connectivity index is 1.91. The van der Waals surface area contributed by atoms with Gasteiger partial charge >= 0.3 is 0 Å². The van der Waals surface area contributed by atoms with Gasteiger partial charge in [0.2, 0.25) is 0 Å². The van der Waals surface area contributed by atoms with Crippen LogP contribution in [0.25, 0.3) is 0 Å². The van der Waals surface area contributed by atoms with Crippen molar-refractivity contribution in [1.82, 2.24) is 0 Å². The van der Waals surface area contributed by atoms with Crippen molar-refractivity contribution in [1.29, 1.82) is 0 Å². The predicted molar refractivity (Wildman–Crippen MR) is 61.9 cm³/mol. The standard InChI is InChI=1S/C13H17NO/c1-10(13-9-11(2)14-15-13)8-12-6-4-3-5-7-12/h3-7,10,13H,8-9H2,1-2H3. The van der Waals surface area contributed by atoms with Crippen LogP contribution in [0.3, 0.4) is 0 Å². The van der Waals surface area contributed by atoms with Crippen LogP contribution in [-0.4, -0.2) is 11.8 Å². The number of benzene rings is 1. The quantitative estimate of drug-likeness (QED) is 0.740. The van der Waals surface area contributed by atoms with E-state index in [0.717, 1.165) is 18.6 Å². The maximum absolute atomic E-state index is 5.39. The zero-order valence-corrected chi connectivity index (χ0v) is 9.31. The van der Waals surface area contributed by atoms with Crippen LogP contribution >= 0.6 is 0 Å². The highest BCUT2D eigenvalue weighted by Crippen LogP contribution is 2.21. The van der Waals surface area contributed by atoms with Gasteiger partial charge in [-0.25, -0.2) is 0 Å². The van der Waals surface area contributed by atoms with Crippen LogP contribution in [0.2, 0.25) is 0 Å². The molecule has 2 rings (SSSR count). The van der Waals surface area contributed by atoms with E-state index in [2.05, 4.69) is 36.3 Å². The maximum Gasteiger partial charge on any atom is 0.135 e. The van der Waals surface area contributed by atoms with Gasteiger partial charge in [-0.1, -0.05) is 42.4 Å². The SMILES string of the molecule is CC1=NOC(C(C)Cc2ccccc2)C1. The summed E-state index contributed by atoms with van der Waals surface area (Å²) in [5.41, 5.74) is 2.48. The summed E-state index contributed by atoms with van der Waals surface area (Å²) in [6.07, 6.45) is 2.31. The van der Waals surface area contributed by atoms with Crippen LogP contribution in [0.5, 0.6) is 0 Å². The zero-order chi connectivity index (χ0) is 10.7. The van der Waals surface area contributed by atoms with Gasteiger partial charge in [0, 0.05) is 12.3 Å². The summed E-state index contributed by atoms with van der Waals surface area (Å²) < 4.78 is 0. The molecule has 0 aromatic heterocycles. The van der Waals surface area contributed by atoms with Crippen molar-refractivity contribution in [3.8, 4) is 0 Å². The van der Waals surface area contributed by atoms with E-state index >= 15 is 0 Å². The fourth-order valence-corrected chi connectivity index (χ4v) is 1.95. The second-order valence-corrected chi connectivity index (χ2v) is 4.34. The number of oxime groups is 1. The minimum Gasteiger partial charge on any atom is -0.392 e. The molecule has 1 aromatic rings. The highest BCUT2D eigenvalue weighted by atomic mass is 16.6. The van der Waals surface area contributed by atoms with Gasteiger partial charge in [0.05, 0.1) is 5.71 Å². The summed E-state index contributed by atoms with van der Waals surface area (Å²) in [5, 5.41) is 4.00. The van der Waals surface area contributed by atoms with Gasteiger partial charge in [-0.2, -0.15) is 0 Å². The normalized spacial score (nSPS) is 22.0. The summed E-state index contributed by atoms with van der Waals surface area (Å²) in [6, 6.07) is 10.5. The Kier molecular flexibility index (Phi) is 3.05. The highest BCUT2D eigenvalue weighted by Gasteiger charge is 2.24. The predicted octanol–water partition coefficient (Wildman–Crippen LogP) is 3.03. The van der Waals surface area contributed by atoms with Crippen molar-refractivity contribution in [2.45, 2.75) is 32.8 Å². The summed E-state index contributed by atoms with van der Waals surface area (Å²) in [6.45, 7) is 4.25. The molecule has 2 heteroatoms. The average Bonchev–Trinajstić information content (AvgIpc) is 2.66. The molecule has 0 saturated heterocycles. The Morgan fingerprint density at radius 1 is 1.40 bits per heavy atom. The third kappa shape index (κ3) is 2.58. The monoisotopic (exact) mass is 203 g/mol. The van der Waals surface area contributed by atoms with E-state index < -0.39 is 0 Å². The molecule has 0 N–H and O–H groups in total. The fraction of sp³-hybridized carbons (Fsp3) is 0.462. The Morgan fingerprint density at radius 3 is 2.73 bits per heavy atom. The van der Waals surface area contributed by atoms with E-state index in [-0.39, 0.29) is 6.10 Å². The highest BCUT2D eigenvalue weighted by molar-refractivity contribution is 5.82. The van der Waals surface area contributed by atoms with Crippen molar-refractivity contribution in [2.24, 2.45) is 11.1 Å². The second-order valence-electron chi connectivity index (χ2n) is 4.34. The van der Waals surface area contributed by atoms with Crippen LogP contribution < -0.4 is 0 Å². The fourth-order valence-electron chi connectivity index (χ4n) is 1.95. The molecule has 0 bridgehead atoms. The van der Waals surface area contributed by atoms with Gasteiger partial charge < -0.3 is 4.84 Å². The van der Waals surface area contributed by atoms with Crippen LogP contribution in [0.1, 0.15) is 25.8 Å². The first-order valence-electron chi connectivity index (χ1n) is 5.49. The van der Waals surface area contributed by atoms with Crippen molar-refractivity contribution >= 4 is 5.71 Å². The van der Waals surface area contributed by atoms with E-state index in [9.17, 15) is 0 Å². The summed E-state index contributed by atoms with van der Waals surface area (Å²) >= 11 is 0. The van der Waals surface area contributed by atoms with Crippen LogP contribution in [0.15, 0.2) is 35.5 Å². The number of hydrogen-bond acceptors (Lipinski definition) is 2. The van der Waals surface area contributed by atoms with Gasteiger partial charge in [-0.05, 0) is 18.9 Å². The molecular formula is C13H17NO. The van der Waals surface area contributed by atoms with Crippen LogP contribution in [0.4, 0.5) is 0 Å². The number of hydrogen-bond donors (Lipinski definition) is 0. The number of nitrogens with zero attached hydrogens (tertiary/aromatic N) is 1. The van der Waals surface area contributed by atoms with Crippen molar-refractivity contribution < 1.29 is 4.84 Å². The minimum absolute atomic E-state index is 0.269. The lowest BCUT2D eigenvalue weighted by Crippen LogP contribution is -2.19. The van der Waals surface area contributed by atoms with Gasteiger partial charge in [0.15, 0.2) is 0 Å². The first kappa shape index (κ1) is 10.2. The lowest BCUT2D eigenvalue weighted by molar-refractivity contribution is 0.0463. The smallest absolute Gasteiger partial charge is 0.135 e. The van der Waals surface area contributed by atoms with E-state index in [4.69, 9.17) is 4.84 Å².